The molecule has 0 atom stereocenters. The van der Waals surface area contributed by atoms with Gasteiger partial charge in [0.2, 0.25) is 0 Å². The van der Waals surface area contributed by atoms with Crippen LogP contribution in [0.1, 0.15) is 25.3 Å². The first kappa shape index (κ1) is 7.59. The van der Waals surface area contributed by atoms with Crippen molar-refractivity contribution < 1.29 is 9.50 Å². The van der Waals surface area contributed by atoms with Gasteiger partial charge in [-0.05, 0) is 36.0 Å². The molecule has 1 aromatic carbocycles. The van der Waals surface area contributed by atoms with E-state index in [9.17, 15) is 4.39 Å². The van der Waals surface area contributed by atoms with Crippen molar-refractivity contribution in [3.63, 3.8) is 0 Å². The van der Waals surface area contributed by atoms with Crippen molar-refractivity contribution in [2.75, 3.05) is 0 Å². The molecule has 0 amide bonds. The highest BCUT2D eigenvalue weighted by atomic mass is 19.1. The molecule has 0 bridgehead atoms. The minimum Gasteiger partial charge on any atom is -0.508 e. The van der Waals surface area contributed by atoms with Crippen LogP contribution < -0.4 is 0 Å². The predicted octanol–water partition coefficient (Wildman–Crippen LogP) is 2.58. The summed E-state index contributed by atoms with van der Waals surface area (Å²) in [4.78, 5) is 0. The Morgan fingerprint density at radius 2 is 2.00 bits per heavy atom. The number of benzene rings is 1. The summed E-state index contributed by atoms with van der Waals surface area (Å²) in [6, 6.07) is 4.29. The Balaban J connectivity index is 2.44. The molecule has 1 saturated carbocycles. The molecule has 0 aliphatic heterocycles. The van der Waals surface area contributed by atoms with Gasteiger partial charge in [0.15, 0.2) is 0 Å². The molecule has 0 spiro atoms. The Morgan fingerprint density at radius 3 is 2.50 bits per heavy atom. The third-order valence-electron chi connectivity index (χ3n) is 2.58. The fraction of sp³-hybridized carbons (Fsp3) is 0.400. The van der Waals surface area contributed by atoms with Crippen molar-refractivity contribution in [1.29, 1.82) is 0 Å². The van der Waals surface area contributed by atoms with E-state index in [1.54, 1.807) is 6.07 Å². The van der Waals surface area contributed by atoms with Crippen molar-refractivity contribution in [3.8, 4) is 5.75 Å². The van der Waals surface area contributed by atoms with E-state index in [1.807, 2.05) is 0 Å². The lowest BCUT2D eigenvalue weighted by atomic mass is 9.98. The van der Waals surface area contributed by atoms with Crippen LogP contribution in [0, 0.1) is 5.82 Å². The van der Waals surface area contributed by atoms with Crippen molar-refractivity contribution in [2.24, 2.45) is 0 Å². The van der Waals surface area contributed by atoms with Crippen LogP contribution in [0.25, 0.3) is 0 Å². The third kappa shape index (κ3) is 1.17. The topological polar surface area (TPSA) is 20.2 Å². The number of aromatic hydroxyl groups is 1. The average Bonchev–Trinajstić information content (AvgIpc) is 2.67. The summed E-state index contributed by atoms with van der Waals surface area (Å²) in [7, 11) is 0. The zero-order valence-corrected chi connectivity index (χ0v) is 6.97. The fourth-order valence-corrected chi connectivity index (χ4v) is 1.40. The van der Waals surface area contributed by atoms with E-state index in [-0.39, 0.29) is 17.0 Å². The number of halogens is 1. The summed E-state index contributed by atoms with van der Waals surface area (Å²) in [6.07, 6.45) is 2.19. The summed E-state index contributed by atoms with van der Waals surface area (Å²) in [5, 5.41) is 9.14. The fourth-order valence-electron chi connectivity index (χ4n) is 1.40. The number of phenolic OH excluding ortho intramolecular Hbond substituents is 1. The van der Waals surface area contributed by atoms with E-state index in [1.165, 1.54) is 6.07 Å². The highest BCUT2D eigenvalue weighted by molar-refractivity contribution is 5.36. The quantitative estimate of drug-likeness (QED) is 0.679. The van der Waals surface area contributed by atoms with Gasteiger partial charge < -0.3 is 5.11 Å². The van der Waals surface area contributed by atoms with Gasteiger partial charge in [0.05, 0.1) is 0 Å². The minimum atomic E-state index is -0.349. The molecule has 1 aliphatic carbocycles. The summed E-state index contributed by atoms with van der Waals surface area (Å²) in [6.45, 7) is 2.08. The SMILES string of the molecule is CC1(c2cc(O)cc(F)c2)CC1. The maximum Gasteiger partial charge on any atom is 0.127 e. The average molecular weight is 166 g/mol. The van der Waals surface area contributed by atoms with E-state index in [0.29, 0.717) is 0 Å². The van der Waals surface area contributed by atoms with Crippen LogP contribution in [-0.2, 0) is 5.41 Å². The maximum atomic E-state index is 12.8. The van der Waals surface area contributed by atoms with Crippen LogP contribution in [0.15, 0.2) is 18.2 Å². The predicted molar refractivity (Wildman–Crippen MR) is 44.7 cm³/mol. The van der Waals surface area contributed by atoms with Crippen LogP contribution in [0.2, 0.25) is 0 Å². The second kappa shape index (κ2) is 2.22. The first-order valence-corrected chi connectivity index (χ1v) is 4.10. The Labute approximate surface area is 70.8 Å². The molecule has 0 saturated heterocycles. The van der Waals surface area contributed by atoms with Gasteiger partial charge in [-0.25, -0.2) is 4.39 Å². The van der Waals surface area contributed by atoms with Crippen LogP contribution in [-0.4, -0.2) is 5.11 Å². The molecule has 12 heavy (non-hydrogen) atoms. The van der Waals surface area contributed by atoms with Crippen molar-refractivity contribution in [1.82, 2.24) is 0 Å². The molecule has 2 rings (SSSR count). The Bertz CT molecular complexity index is 295. The number of hydrogen-bond acceptors (Lipinski definition) is 1. The van der Waals surface area contributed by atoms with Gasteiger partial charge in [0, 0.05) is 6.07 Å². The molecule has 1 aromatic rings. The van der Waals surface area contributed by atoms with E-state index in [2.05, 4.69) is 6.92 Å². The lowest BCUT2D eigenvalue weighted by molar-refractivity contribution is 0.466. The third-order valence-corrected chi connectivity index (χ3v) is 2.58. The Morgan fingerprint density at radius 1 is 1.33 bits per heavy atom. The van der Waals surface area contributed by atoms with Crippen LogP contribution >= 0.6 is 0 Å². The monoisotopic (exact) mass is 166 g/mol. The molecule has 0 unspecified atom stereocenters. The van der Waals surface area contributed by atoms with Gasteiger partial charge in [-0.1, -0.05) is 6.92 Å². The highest BCUT2D eigenvalue weighted by Gasteiger charge is 2.39. The Hall–Kier alpha value is -1.05. The van der Waals surface area contributed by atoms with Gasteiger partial charge >= 0.3 is 0 Å². The Kier molecular flexibility index (Phi) is 1.40. The smallest absolute Gasteiger partial charge is 0.127 e. The molecule has 0 radical (unpaired) electrons. The maximum absolute atomic E-state index is 12.8. The number of hydrogen-bond donors (Lipinski definition) is 1. The van der Waals surface area contributed by atoms with Gasteiger partial charge in [-0.15, -0.1) is 0 Å². The molecule has 1 aliphatic rings. The lowest BCUT2D eigenvalue weighted by Crippen LogP contribution is -1.99. The summed E-state index contributed by atoms with van der Waals surface area (Å²) in [5.74, 6) is -0.323. The molecule has 1 N–H and O–H groups in total. The van der Waals surface area contributed by atoms with Crippen molar-refractivity contribution in [3.05, 3.63) is 29.6 Å². The van der Waals surface area contributed by atoms with Crippen molar-refractivity contribution in [2.45, 2.75) is 25.2 Å². The summed E-state index contributed by atoms with van der Waals surface area (Å²) < 4.78 is 12.8. The van der Waals surface area contributed by atoms with E-state index in [0.717, 1.165) is 24.5 Å². The number of rotatable bonds is 1. The van der Waals surface area contributed by atoms with Crippen LogP contribution in [0.4, 0.5) is 4.39 Å². The second-order valence-electron chi connectivity index (χ2n) is 3.76. The first-order valence-electron chi connectivity index (χ1n) is 4.10. The zero-order chi connectivity index (χ0) is 8.77. The van der Waals surface area contributed by atoms with Crippen LogP contribution in [0.3, 0.4) is 0 Å². The van der Waals surface area contributed by atoms with Gasteiger partial charge in [0.1, 0.15) is 11.6 Å². The standard InChI is InChI=1S/C10H11FO/c1-10(2-3-10)7-4-8(11)6-9(12)5-7/h4-6,12H,2-3H2,1H3. The van der Waals surface area contributed by atoms with E-state index < -0.39 is 0 Å². The molecule has 1 nitrogen and oxygen atoms in total. The van der Waals surface area contributed by atoms with Gasteiger partial charge in [-0.2, -0.15) is 0 Å². The normalized spacial score (nSPS) is 19.2. The summed E-state index contributed by atoms with van der Waals surface area (Å²) >= 11 is 0. The molecule has 64 valence electrons. The molecule has 0 aromatic heterocycles. The first-order chi connectivity index (χ1) is 5.60. The minimum absolute atomic E-state index is 0.0260. The molecule has 1 fully saturated rings. The highest BCUT2D eigenvalue weighted by Crippen LogP contribution is 2.48. The molecule has 2 heteroatoms. The van der Waals surface area contributed by atoms with Gasteiger partial charge in [-0.3, -0.25) is 0 Å². The second-order valence-corrected chi connectivity index (χ2v) is 3.76. The summed E-state index contributed by atoms with van der Waals surface area (Å²) in [5.41, 5.74) is 1.04. The van der Waals surface area contributed by atoms with Gasteiger partial charge in [0.25, 0.3) is 0 Å². The number of phenols is 1. The van der Waals surface area contributed by atoms with Crippen LogP contribution in [0.5, 0.6) is 5.75 Å². The molecular weight excluding hydrogens is 155 g/mol. The molecular formula is C10H11FO. The van der Waals surface area contributed by atoms with E-state index in [4.69, 9.17) is 5.11 Å². The molecule has 0 heterocycles. The lowest BCUT2D eigenvalue weighted by Gasteiger charge is -2.08. The van der Waals surface area contributed by atoms with E-state index >= 15 is 0 Å². The largest absolute Gasteiger partial charge is 0.508 e. The van der Waals surface area contributed by atoms with Crippen molar-refractivity contribution >= 4 is 0 Å². The zero-order valence-electron chi connectivity index (χ0n) is 6.97.